The fourth-order valence-electron chi connectivity index (χ4n) is 2.69. The average molecular weight is 288 g/mol. The Balaban J connectivity index is 1.93. The summed E-state index contributed by atoms with van der Waals surface area (Å²) >= 11 is 0. The van der Waals surface area contributed by atoms with E-state index in [0.29, 0.717) is 5.56 Å². The van der Waals surface area contributed by atoms with Crippen LogP contribution < -0.4 is 10.2 Å². The molecule has 1 aliphatic heterocycles. The van der Waals surface area contributed by atoms with Crippen LogP contribution in [0.1, 0.15) is 23.2 Å². The number of hydrogen-bond donors (Lipinski definition) is 1. The number of furan rings is 1. The van der Waals surface area contributed by atoms with Crippen LogP contribution in [0.2, 0.25) is 0 Å². The van der Waals surface area contributed by atoms with E-state index in [-0.39, 0.29) is 17.8 Å². The van der Waals surface area contributed by atoms with Crippen molar-refractivity contribution in [1.82, 2.24) is 5.32 Å². The summed E-state index contributed by atoms with van der Waals surface area (Å²) in [6.45, 7) is 1.75. The van der Waals surface area contributed by atoms with E-state index in [1.807, 2.05) is 0 Å². The Bertz CT molecular complexity index is 589. The molecule has 1 amide bonds. The minimum absolute atomic E-state index is 0.109. The Morgan fingerprint density at radius 3 is 2.52 bits per heavy atom. The summed E-state index contributed by atoms with van der Waals surface area (Å²) in [5.74, 6) is -0.415. The molecule has 2 heterocycles. The fourth-order valence-corrected chi connectivity index (χ4v) is 2.69. The molecule has 1 N–H and O–H groups in total. The smallest absolute Gasteiger partial charge is 0.261 e. The molecule has 1 saturated heterocycles. The minimum atomic E-state index is -0.306. The zero-order chi connectivity index (χ0) is 14.7. The van der Waals surface area contributed by atoms with Crippen LogP contribution in [0.15, 0.2) is 47.3 Å². The van der Waals surface area contributed by atoms with Crippen molar-refractivity contribution in [3.05, 3.63) is 54.2 Å². The Labute approximate surface area is 122 Å². The second-order valence-corrected chi connectivity index (χ2v) is 5.14. The van der Waals surface area contributed by atoms with Crippen LogP contribution in [-0.4, -0.2) is 25.0 Å². The highest BCUT2D eigenvalue weighted by molar-refractivity contribution is 6.06. The van der Waals surface area contributed by atoms with Gasteiger partial charge < -0.3 is 14.6 Å². The lowest BCUT2D eigenvalue weighted by molar-refractivity contribution is 0.0971. The molecule has 0 aliphatic carbocycles. The third-order valence-electron chi connectivity index (χ3n) is 3.77. The van der Waals surface area contributed by atoms with Gasteiger partial charge in [-0.05, 0) is 56.3 Å². The molecule has 5 heteroatoms. The van der Waals surface area contributed by atoms with Crippen LogP contribution in [0.25, 0.3) is 0 Å². The lowest BCUT2D eigenvalue weighted by Crippen LogP contribution is -2.46. The van der Waals surface area contributed by atoms with Crippen LogP contribution in [0.5, 0.6) is 0 Å². The molecule has 0 unspecified atom stereocenters. The van der Waals surface area contributed by atoms with Crippen LogP contribution in [0.3, 0.4) is 0 Å². The van der Waals surface area contributed by atoms with E-state index in [4.69, 9.17) is 4.42 Å². The lowest BCUT2D eigenvalue weighted by Gasteiger charge is -2.34. The van der Waals surface area contributed by atoms with Gasteiger partial charge in [-0.2, -0.15) is 0 Å². The number of benzene rings is 1. The monoisotopic (exact) mass is 288 g/mol. The molecule has 0 bridgehead atoms. The molecule has 1 aromatic carbocycles. The predicted octanol–water partition coefficient (Wildman–Crippen LogP) is 2.82. The van der Waals surface area contributed by atoms with Crippen molar-refractivity contribution in [2.24, 2.45) is 0 Å². The highest BCUT2D eigenvalue weighted by atomic mass is 19.1. The molecular weight excluding hydrogens is 271 g/mol. The maximum absolute atomic E-state index is 13.1. The van der Waals surface area contributed by atoms with E-state index >= 15 is 0 Å². The van der Waals surface area contributed by atoms with Gasteiger partial charge in [-0.25, -0.2) is 4.39 Å². The quantitative estimate of drug-likeness (QED) is 0.944. The summed E-state index contributed by atoms with van der Waals surface area (Å²) in [6, 6.07) is 7.82. The minimum Gasteiger partial charge on any atom is -0.472 e. The number of anilines is 1. The molecule has 0 saturated carbocycles. The van der Waals surface area contributed by atoms with E-state index in [1.54, 1.807) is 23.1 Å². The van der Waals surface area contributed by atoms with Gasteiger partial charge in [0.2, 0.25) is 0 Å². The first kappa shape index (κ1) is 13.8. The van der Waals surface area contributed by atoms with E-state index in [0.717, 1.165) is 31.6 Å². The van der Waals surface area contributed by atoms with Crippen LogP contribution in [-0.2, 0) is 0 Å². The highest BCUT2D eigenvalue weighted by Gasteiger charge is 2.28. The summed E-state index contributed by atoms with van der Waals surface area (Å²) in [7, 11) is 0. The zero-order valence-corrected chi connectivity index (χ0v) is 11.6. The van der Waals surface area contributed by atoms with Gasteiger partial charge in [0.15, 0.2) is 0 Å². The summed E-state index contributed by atoms with van der Waals surface area (Å²) in [6.07, 6.45) is 4.68. The van der Waals surface area contributed by atoms with Gasteiger partial charge in [0, 0.05) is 11.7 Å². The first-order valence-corrected chi connectivity index (χ1v) is 7.08. The summed E-state index contributed by atoms with van der Waals surface area (Å²) in [4.78, 5) is 14.5. The van der Waals surface area contributed by atoms with Crippen molar-refractivity contribution in [2.75, 3.05) is 18.0 Å². The summed E-state index contributed by atoms with van der Waals surface area (Å²) in [5.41, 5.74) is 1.23. The van der Waals surface area contributed by atoms with Gasteiger partial charge in [0.1, 0.15) is 12.1 Å². The fraction of sp³-hybridized carbons (Fsp3) is 0.312. The number of nitrogens with zero attached hydrogens (tertiary/aromatic N) is 1. The van der Waals surface area contributed by atoms with Gasteiger partial charge in [0.25, 0.3) is 5.91 Å². The van der Waals surface area contributed by atoms with Crippen molar-refractivity contribution in [2.45, 2.75) is 18.9 Å². The van der Waals surface area contributed by atoms with E-state index in [2.05, 4.69) is 5.32 Å². The van der Waals surface area contributed by atoms with E-state index in [9.17, 15) is 9.18 Å². The third-order valence-corrected chi connectivity index (χ3v) is 3.77. The Morgan fingerprint density at radius 2 is 1.90 bits per heavy atom. The molecule has 2 aromatic rings. The van der Waals surface area contributed by atoms with Crippen molar-refractivity contribution in [1.29, 1.82) is 0 Å². The number of halogens is 1. The number of carbonyl (C=O) groups excluding carboxylic acids is 1. The second-order valence-electron chi connectivity index (χ2n) is 5.14. The molecule has 21 heavy (non-hydrogen) atoms. The molecule has 4 nitrogen and oxygen atoms in total. The SMILES string of the molecule is O=C(c1ccoc1)N(c1ccc(F)cc1)C1CCNCC1. The lowest BCUT2D eigenvalue weighted by atomic mass is 10.0. The number of rotatable bonds is 3. The van der Waals surface area contributed by atoms with Crippen molar-refractivity contribution >= 4 is 11.6 Å². The molecule has 3 rings (SSSR count). The predicted molar refractivity (Wildman–Crippen MR) is 77.8 cm³/mol. The average Bonchev–Trinajstić information content (AvgIpc) is 3.05. The number of piperidine rings is 1. The van der Waals surface area contributed by atoms with Crippen LogP contribution in [0, 0.1) is 5.82 Å². The zero-order valence-electron chi connectivity index (χ0n) is 11.6. The van der Waals surface area contributed by atoms with Gasteiger partial charge in [-0.15, -0.1) is 0 Å². The molecule has 0 radical (unpaired) electrons. The number of amides is 1. The summed E-state index contributed by atoms with van der Waals surface area (Å²) < 4.78 is 18.1. The normalized spacial score (nSPS) is 15.9. The van der Waals surface area contributed by atoms with Crippen molar-refractivity contribution < 1.29 is 13.6 Å². The molecule has 1 fully saturated rings. The molecular formula is C16H17FN2O2. The standard InChI is InChI=1S/C16H17FN2O2/c17-13-1-3-14(4-2-13)19(15-5-8-18-9-6-15)16(20)12-7-10-21-11-12/h1-4,7,10-11,15,18H,5-6,8-9H2. The van der Waals surface area contributed by atoms with Crippen molar-refractivity contribution in [3.8, 4) is 0 Å². The molecule has 110 valence electrons. The van der Waals surface area contributed by atoms with Gasteiger partial charge in [0.05, 0.1) is 11.8 Å². The topological polar surface area (TPSA) is 45.5 Å². The van der Waals surface area contributed by atoms with Crippen LogP contribution in [0.4, 0.5) is 10.1 Å². The maximum atomic E-state index is 13.1. The van der Waals surface area contributed by atoms with E-state index < -0.39 is 0 Å². The molecule has 1 aliphatic rings. The molecule has 0 atom stereocenters. The molecule has 0 spiro atoms. The van der Waals surface area contributed by atoms with Gasteiger partial charge >= 0.3 is 0 Å². The second kappa shape index (κ2) is 6.10. The van der Waals surface area contributed by atoms with Gasteiger partial charge in [-0.1, -0.05) is 0 Å². The Hall–Kier alpha value is -2.14. The number of nitrogens with one attached hydrogen (secondary N) is 1. The maximum Gasteiger partial charge on any atom is 0.261 e. The Morgan fingerprint density at radius 1 is 1.19 bits per heavy atom. The highest BCUT2D eigenvalue weighted by Crippen LogP contribution is 2.24. The largest absolute Gasteiger partial charge is 0.472 e. The van der Waals surface area contributed by atoms with Crippen LogP contribution >= 0.6 is 0 Å². The third kappa shape index (κ3) is 2.97. The molecule has 1 aromatic heterocycles. The van der Waals surface area contributed by atoms with Crippen molar-refractivity contribution in [3.63, 3.8) is 0 Å². The number of carbonyl (C=O) groups is 1. The van der Waals surface area contributed by atoms with Gasteiger partial charge in [-0.3, -0.25) is 4.79 Å². The first-order valence-electron chi connectivity index (χ1n) is 7.08. The first-order chi connectivity index (χ1) is 10.3. The summed E-state index contributed by atoms with van der Waals surface area (Å²) in [5, 5.41) is 3.29. The van der Waals surface area contributed by atoms with E-state index in [1.165, 1.54) is 24.7 Å². The Kier molecular flexibility index (Phi) is 4.01. The number of hydrogen-bond acceptors (Lipinski definition) is 3.